The van der Waals surface area contributed by atoms with Gasteiger partial charge in [0.1, 0.15) is 0 Å². The molecule has 0 bridgehead atoms. The van der Waals surface area contributed by atoms with Gasteiger partial charge in [0.05, 0.1) is 5.38 Å². The molecule has 0 aliphatic heterocycles. The minimum Gasteiger partial charge on any atom is -0.236 e. The fourth-order valence-corrected chi connectivity index (χ4v) is 2.31. The van der Waals surface area contributed by atoms with Gasteiger partial charge in [0, 0.05) is 6.42 Å². The Labute approximate surface area is 80.4 Å². The van der Waals surface area contributed by atoms with E-state index in [-0.39, 0.29) is 12.8 Å². The summed E-state index contributed by atoms with van der Waals surface area (Å²) in [7, 11) is 0. The highest BCUT2D eigenvalue weighted by atomic mass is 35.5. The maximum absolute atomic E-state index is 13.6. The molecular weight excluding hydrogens is 201 g/mol. The van der Waals surface area contributed by atoms with Gasteiger partial charge in [0.25, 0.3) is 5.92 Å². The standard InChI is InChI=1S/C9H11ClF3/c10-7(6-2-1-3-6)8(11)4-5-9(8,12)13/h7H,1-5H2. The highest BCUT2D eigenvalue weighted by Crippen LogP contribution is 2.57. The molecular formula is C9H11ClF3. The van der Waals surface area contributed by atoms with Crippen molar-refractivity contribution in [2.24, 2.45) is 0 Å². The third-order valence-electron chi connectivity index (χ3n) is 3.17. The van der Waals surface area contributed by atoms with Crippen molar-refractivity contribution in [1.82, 2.24) is 0 Å². The molecule has 2 fully saturated rings. The van der Waals surface area contributed by atoms with Crippen molar-refractivity contribution in [2.45, 2.75) is 49.1 Å². The van der Waals surface area contributed by atoms with E-state index in [1.165, 1.54) is 0 Å². The van der Waals surface area contributed by atoms with Gasteiger partial charge < -0.3 is 0 Å². The van der Waals surface area contributed by atoms with Gasteiger partial charge in [-0.25, -0.2) is 13.2 Å². The van der Waals surface area contributed by atoms with Crippen LogP contribution < -0.4 is 0 Å². The van der Waals surface area contributed by atoms with Gasteiger partial charge in [0.2, 0.25) is 0 Å². The van der Waals surface area contributed by atoms with Crippen LogP contribution in [0.3, 0.4) is 0 Å². The third kappa shape index (κ3) is 1.19. The first-order valence-electron chi connectivity index (χ1n) is 4.53. The van der Waals surface area contributed by atoms with Crippen LogP contribution in [0.1, 0.15) is 32.1 Å². The van der Waals surface area contributed by atoms with E-state index in [4.69, 9.17) is 11.6 Å². The Kier molecular flexibility index (Phi) is 2.06. The summed E-state index contributed by atoms with van der Waals surface area (Å²) >= 11 is 5.72. The van der Waals surface area contributed by atoms with Crippen LogP contribution in [0.25, 0.3) is 0 Å². The monoisotopic (exact) mass is 211 g/mol. The molecule has 0 N–H and O–H groups in total. The summed E-state index contributed by atoms with van der Waals surface area (Å²) in [6, 6.07) is 0. The highest BCUT2D eigenvalue weighted by molar-refractivity contribution is 6.23. The Morgan fingerprint density at radius 2 is 1.77 bits per heavy atom. The minimum absolute atomic E-state index is 0.0995. The Morgan fingerprint density at radius 3 is 2.00 bits per heavy atom. The fourth-order valence-electron chi connectivity index (χ4n) is 1.82. The molecule has 2 saturated carbocycles. The maximum Gasteiger partial charge on any atom is 0.283 e. The zero-order valence-corrected chi connectivity index (χ0v) is 7.88. The van der Waals surface area contributed by atoms with Gasteiger partial charge in [-0.2, -0.15) is 0 Å². The average molecular weight is 212 g/mol. The van der Waals surface area contributed by atoms with Crippen molar-refractivity contribution in [3.63, 3.8) is 0 Å². The molecule has 2 aliphatic rings. The molecule has 1 radical (unpaired) electrons. The molecule has 2 atom stereocenters. The Morgan fingerprint density at radius 1 is 1.15 bits per heavy atom. The van der Waals surface area contributed by atoms with Gasteiger partial charge >= 0.3 is 0 Å². The van der Waals surface area contributed by atoms with Gasteiger partial charge in [0.15, 0.2) is 5.67 Å². The first kappa shape index (κ1) is 9.63. The lowest BCUT2D eigenvalue weighted by molar-refractivity contribution is -0.210. The summed E-state index contributed by atoms with van der Waals surface area (Å²) in [6.07, 6.45) is 1.93. The second-order valence-corrected chi connectivity index (χ2v) is 4.38. The third-order valence-corrected chi connectivity index (χ3v) is 3.82. The van der Waals surface area contributed by atoms with E-state index in [2.05, 4.69) is 0 Å². The van der Waals surface area contributed by atoms with E-state index >= 15 is 0 Å². The fraction of sp³-hybridized carbons (Fsp3) is 0.889. The Bertz CT molecular complexity index is 215. The van der Waals surface area contributed by atoms with Gasteiger partial charge in [-0.3, -0.25) is 0 Å². The summed E-state index contributed by atoms with van der Waals surface area (Å²) in [5.41, 5.74) is -2.45. The lowest BCUT2D eigenvalue weighted by atomic mass is 9.67. The van der Waals surface area contributed by atoms with E-state index in [9.17, 15) is 13.2 Å². The molecule has 0 heterocycles. The molecule has 0 aromatic carbocycles. The molecule has 2 rings (SSSR count). The van der Waals surface area contributed by atoms with E-state index < -0.39 is 17.0 Å². The molecule has 0 aromatic rings. The van der Waals surface area contributed by atoms with Crippen LogP contribution in [0, 0.1) is 5.92 Å². The number of hydrogen-bond donors (Lipinski definition) is 0. The van der Waals surface area contributed by atoms with Gasteiger partial charge in [-0.05, 0) is 25.2 Å². The largest absolute Gasteiger partial charge is 0.283 e. The summed E-state index contributed by atoms with van der Waals surface area (Å²) in [5.74, 6) is -2.44. The predicted octanol–water partition coefficient (Wildman–Crippen LogP) is 3.49. The van der Waals surface area contributed by atoms with Crippen LogP contribution in [0.5, 0.6) is 0 Å². The van der Waals surface area contributed by atoms with E-state index in [1.54, 1.807) is 0 Å². The first-order chi connectivity index (χ1) is 5.97. The summed E-state index contributed by atoms with van der Waals surface area (Å²) in [6.45, 7) is 0. The molecule has 2 unspecified atom stereocenters. The van der Waals surface area contributed by atoms with Crippen LogP contribution in [0.2, 0.25) is 0 Å². The zero-order chi connectivity index (χ0) is 9.69. The van der Waals surface area contributed by atoms with Crippen molar-refractivity contribution >= 4 is 11.6 Å². The summed E-state index contributed by atoms with van der Waals surface area (Å²) < 4.78 is 39.4. The Hall–Kier alpha value is 0.0800. The lowest BCUT2D eigenvalue weighted by Gasteiger charge is -2.48. The molecule has 0 amide bonds. The topological polar surface area (TPSA) is 0 Å². The highest BCUT2D eigenvalue weighted by Gasteiger charge is 2.67. The molecule has 4 heteroatoms. The quantitative estimate of drug-likeness (QED) is 0.614. The lowest BCUT2D eigenvalue weighted by Crippen LogP contribution is -2.61. The molecule has 0 aromatic heterocycles. The average Bonchev–Trinajstić information content (AvgIpc) is 1.97. The van der Waals surface area contributed by atoms with Crippen molar-refractivity contribution in [3.05, 3.63) is 5.92 Å². The normalized spacial score (nSPS) is 40.6. The molecule has 0 saturated heterocycles. The number of hydrogen-bond acceptors (Lipinski definition) is 0. The first-order valence-corrected chi connectivity index (χ1v) is 4.96. The molecule has 0 nitrogen and oxygen atoms in total. The zero-order valence-electron chi connectivity index (χ0n) is 7.12. The number of rotatable bonds is 2. The van der Waals surface area contributed by atoms with Crippen molar-refractivity contribution in [1.29, 1.82) is 0 Å². The molecule has 13 heavy (non-hydrogen) atoms. The van der Waals surface area contributed by atoms with Crippen LogP contribution in [0.15, 0.2) is 0 Å². The predicted molar refractivity (Wildman–Crippen MR) is 44.8 cm³/mol. The summed E-state index contributed by atoms with van der Waals surface area (Å²) in [4.78, 5) is 0. The minimum atomic E-state index is -3.21. The SMILES string of the molecule is FC1(F)CCC1(F)C(Cl)[C]1CCC1. The van der Waals surface area contributed by atoms with Crippen LogP contribution >= 0.6 is 11.6 Å². The van der Waals surface area contributed by atoms with Gasteiger partial charge in [-0.15, -0.1) is 11.6 Å². The Balaban J connectivity index is 2.06. The van der Waals surface area contributed by atoms with E-state index in [0.29, 0.717) is 0 Å². The van der Waals surface area contributed by atoms with E-state index in [1.807, 2.05) is 0 Å². The van der Waals surface area contributed by atoms with Crippen LogP contribution in [-0.4, -0.2) is 17.0 Å². The molecule has 75 valence electrons. The molecule has 2 aliphatic carbocycles. The maximum atomic E-state index is 13.6. The second kappa shape index (κ2) is 2.78. The molecule has 0 spiro atoms. The van der Waals surface area contributed by atoms with Crippen molar-refractivity contribution in [2.75, 3.05) is 0 Å². The number of halogens is 4. The van der Waals surface area contributed by atoms with Gasteiger partial charge in [-0.1, -0.05) is 6.42 Å². The van der Waals surface area contributed by atoms with E-state index in [0.717, 1.165) is 25.2 Å². The van der Waals surface area contributed by atoms with Crippen LogP contribution in [-0.2, 0) is 0 Å². The van der Waals surface area contributed by atoms with Crippen LogP contribution in [0.4, 0.5) is 13.2 Å². The smallest absolute Gasteiger partial charge is 0.236 e. The number of alkyl halides is 4. The summed E-state index contributed by atoms with van der Waals surface area (Å²) in [5, 5.41) is -1.06. The van der Waals surface area contributed by atoms with Crippen molar-refractivity contribution < 1.29 is 13.2 Å². The van der Waals surface area contributed by atoms with Crippen molar-refractivity contribution in [3.8, 4) is 0 Å². The second-order valence-electron chi connectivity index (χ2n) is 3.94.